The molecule has 0 saturated carbocycles. The first-order valence-corrected chi connectivity index (χ1v) is 5.84. The van der Waals surface area contributed by atoms with Crippen LogP contribution in [-0.4, -0.2) is 4.98 Å². The minimum Gasteiger partial charge on any atom is -0.321 e. The minimum atomic E-state index is -0.217. The van der Waals surface area contributed by atoms with Crippen molar-refractivity contribution >= 4 is 10.9 Å². The smallest absolute Gasteiger partial charge is 0.0705 e. The largest absolute Gasteiger partial charge is 0.321 e. The van der Waals surface area contributed by atoms with Crippen molar-refractivity contribution in [3.05, 3.63) is 42.1 Å². The van der Waals surface area contributed by atoms with Crippen LogP contribution in [0, 0.1) is 0 Å². The Kier molecular flexibility index (Phi) is 2.92. The lowest BCUT2D eigenvalue weighted by atomic mass is 9.85. The van der Waals surface area contributed by atoms with E-state index >= 15 is 0 Å². The highest BCUT2D eigenvalue weighted by atomic mass is 14.7. The molecule has 2 N–H and O–H groups in total. The number of aromatic nitrogens is 1. The van der Waals surface area contributed by atoms with Crippen LogP contribution in [0.5, 0.6) is 0 Å². The summed E-state index contributed by atoms with van der Waals surface area (Å²) in [5.74, 6) is 0. The van der Waals surface area contributed by atoms with Gasteiger partial charge in [-0.2, -0.15) is 0 Å². The standard InChI is InChI=1S/C14H18N2/c1-3-14(15,4-2)12-8-7-11-6-5-9-16-13(11)10-12/h5-10H,3-4,15H2,1-2H3. The van der Waals surface area contributed by atoms with Crippen molar-refractivity contribution in [2.24, 2.45) is 5.73 Å². The molecule has 1 heterocycles. The Labute approximate surface area is 96.5 Å². The Morgan fingerprint density at radius 1 is 1.19 bits per heavy atom. The van der Waals surface area contributed by atoms with Gasteiger partial charge >= 0.3 is 0 Å². The van der Waals surface area contributed by atoms with Crippen molar-refractivity contribution < 1.29 is 0 Å². The third-order valence-corrected chi connectivity index (χ3v) is 3.44. The second kappa shape index (κ2) is 4.22. The summed E-state index contributed by atoms with van der Waals surface area (Å²) >= 11 is 0. The third kappa shape index (κ3) is 1.81. The molecule has 0 fully saturated rings. The van der Waals surface area contributed by atoms with E-state index in [0.29, 0.717) is 0 Å². The van der Waals surface area contributed by atoms with Crippen molar-refractivity contribution in [2.45, 2.75) is 32.2 Å². The molecule has 0 aliphatic carbocycles. The Bertz CT molecular complexity index is 487. The minimum absolute atomic E-state index is 0.217. The van der Waals surface area contributed by atoms with Crippen molar-refractivity contribution in [3.8, 4) is 0 Å². The number of rotatable bonds is 3. The van der Waals surface area contributed by atoms with Gasteiger partial charge < -0.3 is 5.73 Å². The van der Waals surface area contributed by atoms with Crippen LogP contribution in [-0.2, 0) is 5.54 Å². The second-order valence-corrected chi connectivity index (χ2v) is 4.27. The average molecular weight is 214 g/mol. The van der Waals surface area contributed by atoms with Crippen LogP contribution in [0.4, 0.5) is 0 Å². The molecule has 1 aromatic carbocycles. The highest BCUT2D eigenvalue weighted by molar-refractivity contribution is 5.79. The summed E-state index contributed by atoms with van der Waals surface area (Å²) in [5.41, 5.74) is 8.37. The van der Waals surface area contributed by atoms with Crippen molar-refractivity contribution in [3.63, 3.8) is 0 Å². The Balaban J connectivity index is 2.54. The molecule has 0 aliphatic rings. The zero-order chi connectivity index (χ0) is 11.6. The van der Waals surface area contributed by atoms with Gasteiger partial charge in [0.2, 0.25) is 0 Å². The molecule has 0 unspecified atom stereocenters. The fourth-order valence-corrected chi connectivity index (χ4v) is 2.03. The van der Waals surface area contributed by atoms with Crippen molar-refractivity contribution in [2.75, 3.05) is 0 Å². The van der Waals surface area contributed by atoms with Crippen molar-refractivity contribution in [1.29, 1.82) is 0 Å². The molecule has 2 nitrogen and oxygen atoms in total. The first-order chi connectivity index (χ1) is 7.69. The molecule has 0 saturated heterocycles. The molecule has 16 heavy (non-hydrogen) atoms. The number of pyridine rings is 1. The van der Waals surface area contributed by atoms with Gasteiger partial charge in [0.05, 0.1) is 5.52 Å². The normalized spacial score (nSPS) is 11.9. The molecule has 2 aromatic rings. The van der Waals surface area contributed by atoms with Crippen LogP contribution in [0.1, 0.15) is 32.3 Å². The number of hydrogen-bond acceptors (Lipinski definition) is 2. The van der Waals surface area contributed by atoms with Crippen LogP contribution in [0.3, 0.4) is 0 Å². The summed E-state index contributed by atoms with van der Waals surface area (Å²) in [6, 6.07) is 10.4. The molecule has 0 amide bonds. The lowest BCUT2D eigenvalue weighted by Gasteiger charge is -2.27. The summed E-state index contributed by atoms with van der Waals surface area (Å²) < 4.78 is 0. The van der Waals surface area contributed by atoms with Crippen LogP contribution in [0.2, 0.25) is 0 Å². The van der Waals surface area contributed by atoms with Gasteiger partial charge in [-0.05, 0) is 30.5 Å². The van der Waals surface area contributed by atoms with Gasteiger partial charge in [0, 0.05) is 17.1 Å². The molecule has 0 atom stereocenters. The molecule has 2 rings (SSSR count). The molecule has 0 bridgehead atoms. The third-order valence-electron chi connectivity index (χ3n) is 3.44. The summed E-state index contributed by atoms with van der Waals surface area (Å²) in [6.45, 7) is 4.26. The average Bonchev–Trinajstić information content (AvgIpc) is 2.37. The summed E-state index contributed by atoms with van der Waals surface area (Å²) in [6.07, 6.45) is 3.71. The quantitative estimate of drug-likeness (QED) is 0.852. The van der Waals surface area contributed by atoms with E-state index in [-0.39, 0.29) is 5.54 Å². The van der Waals surface area contributed by atoms with E-state index in [1.165, 1.54) is 10.9 Å². The molecule has 84 valence electrons. The first-order valence-electron chi connectivity index (χ1n) is 5.84. The van der Waals surface area contributed by atoms with E-state index in [0.717, 1.165) is 18.4 Å². The van der Waals surface area contributed by atoms with E-state index in [2.05, 4.69) is 43.1 Å². The van der Waals surface area contributed by atoms with Gasteiger partial charge in [-0.1, -0.05) is 32.0 Å². The van der Waals surface area contributed by atoms with Gasteiger partial charge in [0.25, 0.3) is 0 Å². The number of nitrogens with zero attached hydrogens (tertiary/aromatic N) is 1. The molecule has 0 radical (unpaired) electrons. The van der Waals surface area contributed by atoms with Crippen LogP contribution < -0.4 is 5.73 Å². The molecular formula is C14H18N2. The van der Waals surface area contributed by atoms with E-state index in [9.17, 15) is 0 Å². The van der Waals surface area contributed by atoms with E-state index in [1.54, 1.807) is 0 Å². The van der Waals surface area contributed by atoms with Crippen molar-refractivity contribution in [1.82, 2.24) is 4.98 Å². The maximum Gasteiger partial charge on any atom is 0.0705 e. The number of nitrogens with two attached hydrogens (primary N) is 1. The lowest BCUT2D eigenvalue weighted by molar-refractivity contribution is 0.413. The molecular weight excluding hydrogens is 196 g/mol. The molecule has 1 aromatic heterocycles. The zero-order valence-corrected chi connectivity index (χ0v) is 9.90. The fourth-order valence-electron chi connectivity index (χ4n) is 2.03. The summed E-state index contributed by atoms with van der Waals surface area (Å²) in [5, 5.41) is 1.17. The van der Waals surface area contributed by atoms with E-state index in [1.807, 2.05) is 12.3 Å². The number of hydrogen-bond donors (Lipinski definition) is 1. The van der Waals surface area contributed by atoms with Crippen LogP contribution in [0.25, 0.3) is 10.9 Å². The van der Waals surface area contributed by atoms with Crippen LogP contribution in [0.15, 0.2) is 36.5 Å². The Hall–Kier alpha value is -1.41. The maximum atomic E-state index is 6.38. The van der Waals surface area contributed by atoms with E-state index < -0.39 is 0 Å². The van der Waals surface area contributed by atoms with Gasteiger partial charge in [-0.3, -0.25) is 4.98 Å². The SMILES string of the molecule is CCC(N)(CC)c1ccc2cccnc2c1. The highest BCUT2D eigenvalue weighted by Crippen LogP contribution is 2.27. The highest BCUT2D eigenvalue weighted by Gasteiger charge is 2.22. The molecule has 0 aliphatic heterocycles. The van der Waals surface area contributed by atoms with E-state index in [4.69, 9.17) is 5.73 Å². The van der Waals surface area contributed by atoms with Gasteiger partial charge in [-0.25, -0.2) is 0 Å². The summed E-state index contributed by atoms with van der Waals surface area (Å²) in [7, 11) is 0. The zero-order valence-electron chi connectivity index (χ0n) is 9.90. The number of fused-ring (bicyclic) bond motifs is 1. The van der Waals surface area contributed by atoms with Gasteiger partial charge in [0.1, 0.15) is 0 Å². The maximum absolute atomic E-state index is 6.38. The van der Waals surface area contributed by atoms with Gasteiger partial charge in [0.15, 0.2) is 0 Å². The monoisotopic (exact) mass is 214 g/mol. The topological polar surface area (TPSA) is 38.9 Å². The van der Waals surface area contributed by atoms with Gasteiger partial charge in [-0.15, -0.1) is 0 Å². The lowest BCUT2D eigenvalue weighted by Crippen LogP contribution is -2.34. The Morgan fingerprint density at radius 2 is 1.94 bits per heavy atom. The number of benzene rings is 1. The Morgan fingerprint density at radius 3 is 2.62 bits per heavy atom. The predicted molar refractivity (Wildman–Crippen MR) is 68.2 cm³/mol. The molecule has 2 heteroatoms. The first kappa shape index (κ1) is 11.1. The predicted octanol–water partition coefficient (Wildman–Crippen LogP) is 3.21. The second-order valence-electron chi connectivity index (χ2n) is 4.27. The molecule has 0 spiro atoms. The van der Waals surface area contributed by atoms with Crippen LogP contribution >= 0.6 is 0 Å². The fraction of sp³-hybridized carbons (Fsp3) is 0.357. The summed E-state index contributed by atoms with van der Waals surface area (Å²) in [4.78, 5) is 4.37.